The third-order valence-electron chi connectivity index (χ3n) is 0.343. The van der Waals surface area contributed by atoms with Crippen molar-refractivity contribution in [3.63, 3.8) is 0 Å². The molecule has 0 N–H and O–H groups in total. The zero-order valence-corrected chi connectivity index (χ0v) is 7.16. The second-order valence-electron chi connectivity index (χ2n) is 1.35. The van der Waals surface area contributed by atoms with E-state index in [9.17, 15) is 17.8 Å². The van der Waals surface area contributed by atoms with Crippen LogP contribution in [0.15, 0.2) is 0 Å². The van der Waals surface area contributed by atoms with E-state index in [0.717, 1.165) is 7.11 Å². The molecule has 0 aliphatic heterocycles. The normalized spacial score (nSPS) is 7.50. The lowest BCUT2D eigenvalue weighted by Crippen LogP contribution is -1.82. The molecule has 0 heterocycles. The minimum atomic E-state index is -0.753. The van der Waals surface area contributed by atoms with E-state index in [1.54, 1.807) is 6.92 Å². The van der Waals surface area contributed by atoms with Gasteiger partial charge in [0.15, 0.2) is 0 Å². The number of rotatable bonds is 3. The molecule has 78 valence electrons. The standard InChI is InChI=1S/C3H7F.C2H4F2O.CH3FO/c1-2-3-4;3-1-2-5-4;1-3-2/h2-3H2,1H3;1-2H2;1H3. The summed E-state index contributed by atoms with van der Waals surface area (Å²) < 4.78 is 41.4. The quantitative estimate of drug-likeness (QED) is 0.643. The van der Waals surface area contributed by atoms with Gasteiger partial charge in [-0.1, -0.05) is 6.92 Å². The van der Waals surface area contributed by atoms with E-state index in [1.165, 1.54) is 0 Å². The molecule has 0 amide bonds. The molecule has 6 heteroatoms. The van der Waals surface area contributed by atoms with E-state index in [1.807, 2.05) is 0 Å². The smallest absolute Gasteiger partial charge is 0.116 e. The van der Waals surface area contributed by atoms with E-state index in [0.29, 0.717) is 6.42 Å². The van der Waals surface area contributed by atoms with Gasteiger partial charge in [-0.25, -0.2) is 4.39 Å². The van der Waals surface area contributed by atoms with Gasteiger partial charge in [-0.05, 0) is 15.5 Å². The highest BCUT2D eigenvalue weighted by Gasteiger charge is 1.74. The van der Waals surface area contributed by atoms with Crippen molar-refractivity contribution in [1.29, 1.82) is 0 Å². The summed E-state index contributed by atoms with van der Waals surface area (Å²) in [4.78, 5) is 5.57. The molecule has 0 aromatic carbocycles. The zero-order valence-electron chi connectivity index (χ0n) is 7.16. The molecular weight excluding hydrogens is 180 g/mol. The maximum atomic E-state index is 10.7. The molecule has 12 heavy (non-hydrogen) atoms. The van der Waals surface area contributed by atoms with Crippen LogP contribution < -0.4 is 0 Å². The van der Waals surface area contributed by atoms with Crippen molar-refractivity contribution in [3.8, 4) is 0 Å². The molecule has 0 saturated carbocycles. The Bertz CT molecular complexity index is 44.5. The Morgan fingerprint density at radius 3 is 1.42 bits per heavy atom. The van der Waals surface area contributed by atoms with Crippen molar-refractivity contribution < 1.29 is 27.7 Å². The lowest BCUT2D eigenvalue weighted by Gasteiger charge is -1.75. The zero-order chi connectivity index (χ0) is 10.2. The molecule has 0 bridgehead atoms. The summed E-state index contributed by atoms with van der Waals surface area (Å²) in [7, 11) is 0.958. The summed E-state index contributed by atoms with van der Waals surface area (Å²) in [6.07, 6.45) is 0.653. The maximum absolute atomic E-state index is 10.7. The van der Waals surface area contributed by atoms with Gasteiger partial charge in [-0.3, -0.25) is 4.39 Å². The minimum absolute atomic E-state index is 0.181. The second-order valence-corrected chi connectivity index (χ2v) is 1.35. The average Bonchev–Trinajstić information content (AvgIpc) is 2.08. The van der Waals surface area contributed by atoms with Gasteiger partial charge in [0.2, 0.25) is 0 Å². The molecule has 0 saturated heterocycles. The summed E-state index contributed by atoms with van der Waals surface area (Å²) >= 11 is 0. The van der Waals surface area contributed by atoms with Gasteiger partial charge in [-0.15, -0.1) is 0 Å². The minimum Gasteiger partial charge on any atom is -0.251 e. The largest absolute Gasteiger partial charge is 0.251 e. The van der Waals surface area contributed by atoms with Crippen LogP contribution in [0.4, 0.5) is 17.8 Å². The summed E-state index contributed by atoms with van der Waals surface area (Å²) in [5, 5.41) is 0. The lowest BCUT2D eigenvalue weighted by atomic mass is 10.6. The first-order chi connectivity index (χ1) is 5.74. The number of halogens is 4. The fourth-order valence-electron chi connectivity index (χ4n) is 0.0292. The second kappa shape index (κ2) is 31.1. The van der Waals surface area contributed by atoms with Gasteiger partial charge >= 0.3 is 0 Å². The summed E-state index contributed by atoms with van der Waals surface area (Å²) in [5.41, 5.74) is 0. The molecular formula is C6H14F4O2. The Labute approximate surface area is 69.3 Å². The van der Waals surface area contributed by atoms with Gasteiger partial charge in [0.05, 0.1) is 13.8 Å². The maximum Gasteiger partial charge on any atom is 0.116 e. The molecule has 0 fully saturated rings. The molecule has 2 nitrogen and oxygen atoms in total. The highest BCUT2D eigenvalue weighted by molar-refractivity contribution is 4.11. The molecule has 0 aliphatic carbocycles. The van der Waals surface area contributed by atoms with E-state index >= 15 is 0 Å². The van der Waals surface area contributed by atoms with Crippen LogP contribution in [0.5, 0.6) is 0 Å². The fraction of sp³-hybridized carbons (Fsp3) is 1.00. The van der Waals surface area contributed by atoms with Crippen molar-refractivity contribution >= 4 is 0 Å². The average molecular weight is 194 g/mol. The SMILES string of the molecule is CCCF.COF.FCCOF. The van der Waals surface area contributed by atoms with Crippen molar-refractivity contribution in [2.24, 2.45) is 0 Å². The van der Waals surface area contributed by atoms with Crippen molar-refractivity contribution in [2.75, 3.05) is 27.1 Å². The molecule has 0 atom stereocenters. The van der Waals surface area contributed by atoms with Crippen molar-refractivity contribution in [2.45, 2.75) is 13.3 Å². The van der Waals surface area contributed by atoms with Crippen LogP contribution in [0.3, 0.4) is 0 Å². The van der Waals surface area contributed by atoms with Gasteiger partial charge in [0, 0.05) is 0 Å². The van der Waals surface area contributed by atoms with E-state index in [2.05, 4.69) is 9.88 Å². The molecule has 0 rings (SSSR count). The Morgan fingerprint density at radius 2 is 1.42 bits per heavy atom. The monoisotopic (exact) mass is 194 g/mol. The predicted octanol–water partition coefficient (Wildman–Crippen LogP) is 2.74. The third-order valence-corrected chi connectivity index (χ3v) is 0.343. The van der Waals surface area contributed by atoms with E-state index < -0.39 is 13.3 Å². The van der Waals surface area contributed by atoms with Crippen LogP contribution in [-0.4, -0.2) is 27.1 Å². The van der Waals surface area contributed by atoms with E-state index in [-0.39, 0.29) is 6.67 Å². The van der Waals surface area contributed by atoms with Gasteiger partial charge in [0.25, 0.3) is 0 Å². The fourth-order valence-corrected chi connectivity index (χ4v) is 0.0292. The highest BCUT2D eigenvalue weighted by Crippen LogP contribution is 1.70. The van der Waals surface area contributed by atoms with Crippen LogP contribution in [0.2, 0.25) is 0 Å². The number of hydrogen-bond acceptors (Lipinski definition) is 2. The third kappa shape index (κ3) is 103. The first-order valence-corrected chi connectivity index (χ1v) is 3.25. The van der Waals surface area contributed by atoms with Crippen LogP contribution in [0.1, 0.15) is 13.3 Å². The number of hydrogen-bond donors (Lipinski definition) is 0. The van der Waals surface area contributed by atoms with Crippen LogP contribution >= 0.6 is 0 Å². The predicted molar refractivity (Wildman–Crippen MR) is 37.4 cm³/mol. The van der Waals surface area contributed by atoms with Crippen LogP contribution in [-0.2, 0) is 9.88 Å². The summed E-state index contributed by atoms with van der Waals surface area (Å²) in [6, 6.07) is 0. The van der Waals surface area contributed by atoms with Gasteiger partial charge in [-0.2, -0.15) is 9.88 Å². The molecule has 0 aliphatic rings. The molecule has 0 aromatic rings. The van der Waals surface area contributed by atoms with Crippen LogP contribution in [0, 0.1) is 0 Å². The Hall–Kier alpha value is -0.360. The first-order valence-electron chi connectivity index (χ1n) is 3.25. The molecule has 0 spiro atoms. The summed E-state index contributed by atoms with van der Waals surface area (Å²) in [5.74, 6) is 0. The molecule has 0 aromatic heterocycles. The summed E-state index contributed by atoms with van der Waals surface area (Å²) in [6.45, 7) is 0.427. The topological polar surface area (TPSA) is 18.5 Å². The van der Waals surface area contributed by atoms with Crippen molar-refractivity contribution in [3.05, 3.63) is 0 Å². The lowest BCUT2D eigenvalue weighted by molar-refractivity contribution is -0.134. The Kier molecular flexibility index (Phi) is 45.7. The van der Waals surface area contributed by atoms with Gasteiger partial charge in [0.1, 0.15) is 13.3 Å². The molecule has 0 unspecified atom stereocenters. The van der Waals surface area contributed by atoms with Crippen LogP contribution in [0.25, 0.3) is 0 Å². The van der Waals surface area contributed by atoms with Gasteiger partial charge < -0.3 is 0 Å². The highest BCUT2D eigenvalue weighted by atomic mass is 19.3. The molecule has 0 radical (unpaired) electrons. The Balaban J connectivity index is -0.000000105. The van der Waals surface area contributed by atoms with E-state index in [4.69, 9.17) is 0 Å². The first kappa shape index (κ1) is 17.7. The Morgan fingerprint density at radius 1 is 1.08 bits per heavy atom. The van der Waals surface area contributed by atoms with Crippen molar-refractivity contribution in [1.82, 2.24) is 0 Å². The number of alkyl halides is 2.